The number of thiazole rings is 1. The Kier molecular flexibility index (Phi) is 5.86. The first-order chi connectivity index (χ1) is 9.69. The van der Waals surface area contributed by atoms with Crippen LogP contribution in [0.4, 0.5) is 5.13 Å². The quantitative estimate of drug-likeness (QED) is 0.832. The number of carbonyl (C=O) groups is 2. The van der Waals surface area contributed by atoms with E-state index in [0.29, 0.717) is 17.5 Å². The minimum absolute atomic E-state index is 0.157. The van der Waals surface area contributed by atoms with Crippen molar-refractivity contribution in [1.82, 2.24) is 4.98 Å². The van der Waals surface area contributed by atoms with Gasteiger partial charge in [0.05, 0.1) is 18.9 Å². The van der Waals surface area contributed by atoms with Gasteiger partial charge in [-0.2, -0.15) is 0 Å². The lowest BCUT2D eigenvalue weighted by Crippen LogP contribution is -2.15. The van der Waals surface area contributed by atoms with Crippen molar-refractivity contribution in [2.45, 2.75) is 6.92 Å². The van der Waals surface area contributed by atoms with Gasteiger partial charge in [-0.15, -0.1) is 11.3 Å². The number of carbonyl (C=O) groups excluding carboxylic acids is 2. The maximum Gasteiger partial charge on any atom is 0.357 e. The van der Waals surface area contributed by atoms with Crippen molar-refractivity contribution < 1.29 is 14.3 Å². The van der Waals surface area contributed by atoms with Crippen molar-refractivity contribution in [1.29, 1.82) is 0 Å². The standard InChI is InChI=1S/C11H13N3O3S3/c1-2-17-9(16)7-5-19-10(13-7)14-8(15)6-20-11-12-3-4-18-11/h5H,2-4,6H2,1H3,(H,13,14,15). The molecule has 0 aromatic carbocycles. The minimum Gasteiger partial charge on any atom is -0.461 e. The summed E-state index contributed by atoms with van der Waals surface area (Å²) in [4.78, 5) is 31.4. The molecule has 1 aromatic heterocycles. The van der Waals surface area contributed by atoms with Crippen LogP contribution in [-0.2, 0) is 9.53 Å². The first kappa shape index (κ1) is 15.3. The summed E-state index contributed by atoms with van der Waals surface area (Å²) in [6, 6.07) is 0. The molecular weight excluding hydrogens is 318 g/mol. The summed E-state index contributed by atoms with van der Waals surface area (Å²) in [5, 5.41) is 4.63. The Bertz CT molecular complexity index is 530. The summed E-state index contributed by atoms with van der Waals surface area (Å²) in [5.74, 6) is 0.643. The third-order valence-electron chi connectivity index (χ3n) is 2.12. The van der Waals surface area contributed by atoms with E-state index < -0.39 is 5.97 Å². The maximum absolute atomic E-state index is 11.7. The van der Waals surface area contributed by atoms with E-state index in [1.165, 1.54) is 23.1 Å². The van der Waals surface area contributed by atoms with Crippen LogP contribution < -0.4 is 5.32 Å². The molecule has 1 aliphatic rings. The molecule has 20 heavy (non-hydrogen) atoms. The Balaban J connectivity index is 1.80. The topological polar surface area (TPSA) is 80.6 Å². The summed E-state index contributed by atoms with van der Waals surface area (Å²) < 4.78 is 5.78. The lowest BCUT2D eigenvalue weighted by Gasteiger charge is -2.01. The van der Waals surface area contributed by atoms with Crippen LogP contribution in [0.1, 0.15) is 17.4 Å². The second-order valence-electron chi connectivity index (χ2n) is 3.59. The fourth-order valence-electron chi connectivity index (χ4n) is 1.32. The number of anilines is 1. The zero-order valence-corrected chi connectivity index (χ0v) is 13.2. The molecule has 9 heteroatoms. The van der Waals surface area contributed by atoms with E-state index in [-0.39, 0.29) is 11.6 Å². The van der Waals surface area contributed by atoms with E-state index >= 15 is 0 Å². The van der Waals surface area contributed by atoms with E-state index in [1.807, 2.05) is 0 Å². The smallest absolute Gasteiger partial charge is 0.357 e. The van der Waals surface area contributed by atoms with Gasteiger partial charge in [-0.1, -0.05) is 23.5 Å². The maximum atomic E-state index is 11.7. The number of amides is 1. The Labute approximate surface area is 128 Å². The Morgan fingerprint density at radius 3 is 3.10 bits per heavy atom. The van der Waals surface area contributed by atoms with Crippen molar-refractivity contribution in [3.05, 3.63) is 11.1 Å². The minimum atomic E-state index is -0.477. The Hall–Kier alpha value is -1.06. The molecule has 1 N–H and O–H groups in total. The Morgan fingerprint density at radius 2 is 2.40 bits per heavy atom. The number of aromatic nitrogens is 1. The highest BCUT2D eigenvalue weighted by Crippen LogP contribution is 2.22. The number of hydrogen-bond donors (Lipinski definition) is 1. The zero-order valence-electron chi connectivity index (χ0n) is 10.7. The average Bonchev–Trinajstić information content (AvgIpc) is 3.07. The van der Waals surface area contributed by atoms with Crippen LogP contribution in [0.25, 0.3) is 0 Å². The normalized spacial score (nSPS) is 13.9. The molecule has 0 aliphatic carbocycles. The molecule has 6 nitrogen and oxygen atoms in total. The predicted octanol–water partition coefficient (Wildman–Crippen LogP) is 2.09. The highest BCUT2D eigenvalue weighted by Gasteiger charge is 2.14. The molecule has 1 aliphatic heterocycles. The molecule has 2 heterocycles. The first-order valence-corrected chi connectivity index (χ1v) is 8.76. The summed E-state index contributed by atoms with van der Waals surface area (Å²) in [6.45, 7) is 2.85. The van der Waals surface area contributed by atoms with Crippen molar-refractivity contribution in [2.24, 2.45) is 4.99 Å². The third kappa shape index (κ3) is 4.50. The lowest BCUT2D eigenvalue weighted by molar-refractivity contribution is -0.113. The predicted molar refractivity (Wildman–Crippen MR) is 83.9 cm³/mol. The molecular formula is C11H13N3O3S3. The number of aliphatic imine (C=N–C) groups is 1. The van der Waals surface area contributed by atoms with E-state index in [0.717, 1.165) is 16.7 Å². The fourth-order valence-corrected chi connectivity index (χ4v) is 3.82. The molecule has 0 saturated heterocycles. The van der Waals surface area contributed by atoms with E-state index in [4.69, 9.17) is 4.74 Å². The van der Waals surface area contributed by atoms with Crippen LogP contribution in [0.2, 0.25) is 0 Å². The zero-order chi connectivity index (χ0) is 14.4. The van der Waals surface area contributed by atoms with Gasteiger partial charge in [0.25, 0.3) is 0 Å². The molecule has 0 bridgehead atoms. The summed E-state index contributed by atoms with van der Waals surface area (Å²) in [7, 11) is 0. The SMILES string of the molecule is CCOC(=O)c1csc(NC(=O)CSC2=NCCS2)n1. The van der Waals surface area contributed by atoms with Crippen LogP contribution in [0.15, 0.2) is 10.4 Å². The molecule has 0 fully saturated rings. The second kappa shape index (κ2) is 7.65. The van der Waals surface area contributed by atoms with E-state index in [1.54, 1.807) is 24.1 Å². The van der Waals surface area contributed by atoms with Gasteiger partial charge >= 0.3 is 5.97 Å². The van der Waals surface area contributed by atoms with Crippen molar-refractivity contribution in [2.75, 3.05) is 30.0 Å². The summed E-state index contributed by atoms with van der Waals surface area (Å²) >= 11 is 4.28. The number of thioether (sulfide) groups is 2. The number of nitrogens with one attached hydrogen (secondary N) is 1. The van der Waals surface area contributed by atoms with E-state index in [2.05, 4.69) is 15.3 Å². The molecule has 1 amide bonds. The third-order valence-corrected chi connectivity index (χ3v) is 5.13. The summed E-state index contributed by atoms with van der Waals surface area (Å²) in [6.07, 6.45) is 0. The van der Waals surface area contributed by atoms with Gasteiger partial charge in [0, 0.05) is 11.1 Å². The highest BCUT2D eigenvalue weighted by atomic mass is 32.2. The van der Waals surface area contributed by atoms with Gasteiger partial charge in [-0.05, 0) is 6.92 Å². The van der Waals surface area contributed by atoms with Crippen molar-refractivity contribution >= 4 is 56.2 Å². The van der Waals surface area contributed by atoms with Gasteiger partial charge in [0.2, 0.25) is 5.91 Å². The number of ether oxygens (including phenoxy) is 1. The van der Waals surface area contributed by atoms with E-state index in [9.17, 15) is 9.59 Å². The number of nitrogens with zero attached hydrogens (tertiary/aromatic N) is 2. The van der Waals surface area contributed by atoms with Gasteiger partial charge in [-0.3, -0.25) is 9.79 Å². The summed E-state index contributed by atoms with van der Waals surface area (Å²) in [5.41, 5.74) is 0.218. The number of rotatable bonds is 5. The van der Waals surface area contributed by atoms with Crippen molar-refractivity contribution in [3.63, 3.8) is 0 Å². The lowest BCUT2D eigenvalue weighted by atomic mass is 10.5. The van der Waals surface area contributed by atoms with Gasteiger partial charge in [0.15, 0.2) is 10.8 Å². The Morgan fingerprint density at radius 1 is 1.55 bits per heavy atom. The molecule has 0 saturated carbocycles. The number of esters is 1. The molecule has 1 aromatic rings. The molecule has 0 unspecified atom stereocenters. The average molecular weight is 331 g/mol. The highest BCUT2D eigenvalue weighted by molar-refractivity contribution is 8.39. The van der Waals surface area contributed by atoms with Crippen LogP contribution >= 0.6 is 34.9 Å². The number of hydrogen-bond acceptors (Lipinski definition) is 8. The van der Waals surface area contributed by atoms with Crippen LogP contribution in [0.5, 0.6) is 0 Å². The molecule has 0 atom stereocenters. The molecule has 0 radical (unpaired) electrons. The van der Waals surface area contributed by atoms with Crippen LogP contribution in [0.3, 0.4) is 0 Å². The van der Waals surface area contributed by atoms with Gasteiger partial charge in [-0.25, -0.2) is 9.78 Å². The monoisotopic (exact) mass is 331 g/mol. The second-order valence-corrected chi connectivity index (χ2v) is 6.76. The largest absolute Gasteiger partial charge is 0.461 e. The van der Waals surface area contributed by atoms with Gasteiger partial charge in [0.1, 0.15) is 4.38 Å². The van der Waals surface area contributed by atoms with Crippen molar-refractivity contribution in [3.8, 4) is 0 Å². The molecule has 0 spiro atoms. The van der Waals surface area contributed by atoms with Gasteiger partial charge < -0.3 is 10.1 Å². The fraction of sp³-hybridized carbons (Fsp3) is 0.455. The van der Waals surface area contributed by atoms with Crippen LogP contribution in [-0.4, -0.2) is 45.9 Å². The molecule has 108 valence electrons. The van der Waals surface area contributed by atoms with Crippen LogP contribution in [0, 0.1) is 0 Å². The molecule has 2 rings (SSSR count). The first-order valence-electron chi connectivity index (χ1n) is 5.91.